The maximum atomic E-state index is 12.8. The summed E-state index contributed by atoms with van der Waals surface area (Å²) in [5.74, 6) is 0.411. The highest BCUT2D eigenvalue weighted by molar-refractivity contribution is 6.06. The van der Waals surface area contributed by atoms with Crippen molar-refractivity contribution < 1.29 is 14.7 Å². The van der Waals surface area contributed by atoms with Crippen LogP contribution in [0.3, 0.4) is 0 Å². The van der Waals surface area contributed by atoms with E-state index in [0.29, 0.717) is 38.0 Å². The average Bonchev–Trinajstić information content (AvgIpc) is 3.04. The third kappa shape index (κ3) is 3.41. The second-order valence-electron chi connectivity index (χ2n) is 8.20. The number of hydrogen-bond acceptors (Lipinski definition) is 3. The first-order valence-electron chi connectivity index (χ1n) is 10.1. The summed E-state index contributed by atoms with van der Waals surface area (Å²) >= 11 is 0. The lowest BCUT2D eigenvalue weighted by Gasteiger charge is -2.47. The molecular weight excluding hydrogens is 340 g/mol. The van der Waals surface area contributed by atoms with Gasteiger partial charge in [-0.2, -0.15) is 0 Å². The molecule has 2 aliphatic rings. The van der Waals surface area contributed by atoms with E-state index in [4.69, 9.17) is 0 Å². The molecule has 0 bridgehead atoms. The van der Waals surface area contributed by atoms with E-state index >= 15 is 0 Å². The molecule has 1 saturated carbocycles. The smallest absolute Gasteiger partial charge is 0.224 e. The summed E-state index contributed by atoms with van der Waals surface area (Å²) in [6, 6.07) is 7.84. The van der Waals surface area contributed by atoms with Gasteiger partial charge in [-0.3, -0.25) is 9.59 Å². The van der Waals surface area contributed by atoms with Gasteiger partial charge in [-0.05, 0) is 32.3 Å². The third-order valence-corrected chi connectivity index (χ3v) is 6.51. The number of nitrogens with zero attached hydrogens (tertiary/aromatic N) is 2. The lowest BCUT2D eigenvalue weighted by atomic mass is 9.71. The molecule has 2 atom stereocenters. The highest BCUT2D eigenvalue weighted by Crippen LogP contribution is 2.39. The van der Waals surface area contributed by atoms with Crippen LogP contribution < -0.4 is 0 Å². The first-order valence-corrected chi connectivity index (χ1v) is 10.1. The molecular formula is C22H28N2O3. The van der Waals surface area contributed by atoms with Gasteiger partial charge in [-0.1, -0.05) is 31.0 Å². The molecule has 27 heavy (non-hydrogen) atoms. The standard InChI is InChI=1S/C22H28N2O3/c1-16(25)19-15-23(20-8-3-2-7-18(19)20)12-9-21(26)24-13-11-22(27)10-5-4-6-17(22)14-24/h2-3,7-8,15,17,27H,4-6,9-14H2,1H3/t17-,22+/m0/s1. The number of hydrogen-bond donors (Lipinski definition) is 1. The van der Waals surface area contributed by atoms with Crippen LogP contribution in [0.15, 0.2) is 30.5 Å². The predicted octanol–water partition coefficient (Wildman–Crippen LogP) is 3.39. The highest BCUT2D eigenvalue weighted by atomic mass is 16.3. The van der Waals surface area contributed by atoms with Crippen molar-refractivity contribution >= 4 is 22.6 Å². The summed E-state index contributed by atoms with van der Waals surface area (Å²) in [7, 11) is 0. The quantitative estimate of drug-likeness (QED) is 0.842. The van der Waals surface area contributed by atoms with Crippen molar-refractivity contribution in [1.82, 2.24) is 9.47 Å². The molecule has 2 aromatic rings. The zero-order valence-corrected chi connectivity index (χ0v) is 16.0. The molecule has 1 aromatic heterocycles. The lowest BCUT2D eigenvalue weighted by molar-refractivity contribution is -0.143. The topological polar surface area (TPSA) is 62.5 Å². The molecule has 4 rings (SSSR count). The Morgan fingerprint density at radius 2 is 2.04 bits per heavy atom. The summed E-state index contributed by atoms with van der Waals surface area (Å²) < 4.78 is 2.02. The van der Waals surface area contributed by atoms with Crippen LogP contribution in [0.5, 0.6) is 0 Å². The average molecular weight is 368 g/mol. The van der Waals surface area contributed by atoms with Crippen LogP contribution in [0.25, 0.3) is 10.9 Å². The van der Waals surface area contributed by atoms with Gasteiger partial charge in [0, 0.05) is 54.6 Å². The number of carbonyl (C=O) groups is 2. The van der Waals surface area contributed by atoms with Crippen molar-refractivity contribution in [3.63, 3.8) is 0 Å². The molecule has 5 nitrogen and oxygen atoms in total. The van der Waals surface area contributed by atoms with Gasteiger partial charge >= 0.3 is 0 Å². The van der Waals surface area contributed by atoms with Gasteiger partial charge in [0.2, 0.25) is 5.91 Å². The molecule has 1 saturated heterocycles. The van der Waals surface area contributed by atoms with Gasteiger partial charge in [0.25, 0.3) is 0 Å². The fourth-order valence-corrected chi connectivity index (χ4v) is 4.88. The maximum Gasteiger partial charge on any atom is 0.224 e. The number of fused-ring (bicyclic) bond motifs is 2. The maximum absolute atomic E-state index is 12.8. The Morgan fingerprint density at radius 1 is 1.22 bits per heavy atom. The number of benzene rings is 1. The van der Waals surface area contributed by atoms with Gasteiger partial charge < -0.3 is 14.6 Å². The van der Waals surface area contributed by atoms with E-state index in [-0.39, 0.29) is 17.6 Å². The Kier molecular flexibility index (Phi) is 4.81. The fourth-order valence-electron chi connectivity index (χ4n) is 4.88. The van der Waals surface area contributed by atoms with Crippen molar-refractivity contribution in [2.24, 2.45) is 5.92 Å². The Bertz CT molecular complexity index is 872. The molecule has 1 aliphatic heterocycles. The number of likely N-dealkylation sites (tertiary alicyclic amines) is 1. The Hall–Kier alpha value is -2.14. The second-order valence-corrected chi connectivity index (χ2v) is 8.20. The number of aryl methyl sites for hydroxylation is 1. The van der Waals surface area contributed by atoms with Crippen LogP contribution in [0, 0.1) is 5.92 Å². The van der Waals surface area contributed by atoms with Crippen molar-refractivity contribution in [2.75, 3.05) is 13.1 Å². The van der Waals surface area contributed by atoms with Crippen LogP contribution in [0.1, 0.15) is 55.8 Å². The fraction of sp³-hybridized carbons (Fsp3) is 0.545. The van der Waals surface area contributed by atoms with Crippen LogP contribution in [0.2, 0.25) is 0 Å². The zero-order chi connectivity index (χ0) is 19.0. The van der Waals surface area contributed by atoms with Crippen LogP contribution in [0.4, 0.5) is 0 Å². The first kappa shape index (κ1) is 18.2. The van der Waals surface area contributed by atoms with Gasteiger partial charge in [0.1, 0.15) is 0 Å². The number of Topliss-reactive ketones (excluding diaryl/α,β-unsaturated/α-hetero) is 1. The minimum Gasteiger partial charge on any atom is -0.389 e. The Morgan fingerprint density at radius 3 is 2.85 bits per heavy atom. The normalized spacial score (nSPS) is 25.4. The minimum absolute atomic E-state index is 0.0453. The molecule has 0 unspecified atom stereocenters. The van der Waals surface area contributed by atoms with E-state index in [9.17, 15) is 14.7 Å². The van der Waals surface area contributed by atoms with Crippen LogP contribution >= 0.6 is 0 Å². The summed E-state index contributed by atoms with van der Waals surface area (Å²) in [5.41, 5.74) is 1.15. The molecule has 1 amide bonds. The minimum atomic E-state index is -0.554. The number of ketones is 1. The zero-order valence-electron chi connectivity index (χ0n) is 16.0. The monoisotopic (exact) mass is 368 g/mol. The SMILES string of the molecule is CC(=O)c1cn(CCC(=O)N2CC[C@]3(O)CCCC[C@H]3C2)c2ccccc12. The van der Waals surface area contributed by atoms with E-state index in [2.05, 4.69) is 0 Å². The van der Waals surface area contributed by atoms with E-state index in [0.717, 1.165) is 36.6 Å². The molecule has 5 heteroatoms. The van der Waals surface area contributed by atoms with Crippen LogP contribution in [-0.2, 0) is 11.3 Å². The summed E-state index contributed by atoms with van der Waals surface area (Å²) in [6.07, 6.45) is 7.13. The number of amides is 1. The molecule has 144 valence electrons. The number of carbonyl (C=O) groups excluding carboxylic acids is 2. The van der Waals surface area contributed by atoms with E-state index in [1.54, 1.807) is 6.92 Å². The predicted molar refractivity (Wildman–Crippen MR) is 105 cm³/mol. The molecule has 2 fully saturated rings. The van der Waals surface area contributed by atoms with Crippen molar-refractivity contribution in [3.05, 3.63) is 36.0 Å². The van der Waals surface area contributed by atoms with Gasteiger partial charge in [-0.15, -0.1) is 0 Å². The summed E-state index contributed by atoms with van der Waals surface area (Å²) in [4.78, 5) is 26.6. The first-order chi connectivity index (χ1) is 13.0. The molecule has 1 N–H and O–H groups in total. The number of rotatable bonds is 4. The molecule has 0 spiro atoms. The van der Waals surface area contributed by atoms with Crippen molar-refractivity contribution in [2.45, 2.75) is 57.6 Å². The second kappa shape index (κ2) is 7.12. The van der Waals surface area contributed by atoms with Gasteiger partial charge in [0.05, 0.1) is 5.60 Å². The highest BCUT2D eigenvalue weighted by Gasteiger charge is 2.43. The van der Waals surface area contributed by atoms with Crippen LogP contribution in [-0.4, -0.2) is 45.0 Å². The van der Waals surface area contributed by atoms with E-state index in [1.807, 2.05) is 39.9 Å². The third-order valence-electron chi connectivity index (χ3n) is 6.51. The van der Waals surface area contributed by atoms with E-state index in [1.165, 1.54) is 0 Å². The largest absolute Gasteiger partial charge is 0.389 e. The molecule has 1 aliphatic carbocycles. The number of aromatic nitrogens is 1. The van der Waals surface area contributed by atoms with Gasteiger partial charge in [-0.25, -0.2) is 0 Å². The number of piperidine rings is 1. The van der Waals surface area contributed by atoms with Gasteiger partial charge in [0.15, 0.2) is 5.78 Å². The number of aliphatic hydroxyl groups is 1. The molecule has 0 radical (unpaired) electrons. The molecule has 2 heterocycles. The molecule has 1 aromatic carbocycles. The van der Waals surface area contributed by atoms with Crippen molar-refractivity contribution in [1.29, 1.82) is 0 Å². The Balaban J connectivity index is 1.44. The van der Waals surface area contributed by atoms with E-state index < -0.39 is 5.60 Å². The lowest BCUT2D eigenvalue weighted by Crippen LogP contribution is -2.54. The Labute approximate surface area is 160 Å². The number of para-hydroxylation sites is 1. The summed E-state index contributed by atoms with van der Waals surface area (Å²) in [5, 5.41) is 11.7. The van der Waals surface area contributed by atoms with Crippen molar-refractivity contribution in [3.8, 4) is 0 Å². The summed E-state index contributed by atoms with van der Waals surface area (Å²) in [6.45, 7) is 3.48.